The lowest BCUT2D eigenvalue weighted by Gasteiger charge is -2.07. The summed E-state index contributed by atoms with van der Waals surface area (Å²) < 4.78 is 6.77. The third-order valence-corrected chi connectivity index (χ3v) is 5.17. The number of hydrogen-bond donors (Lipinski definition) is 5. The highest BCUT2D eigenvalue weighted by atomic mass is 16.5. The summed E-state index contributed by atoms with van der Waals surface area (Å²) in [6.45, 7) is 2.20. The number of rotatable bonds is 10. The van der Waals surface area contributed by atoms with E-state index in [-0.39, 0.29) is 30.7 Å². The molecular formula is C25H28N6O3. The van der Waals surface area contributed by atoms with E-state index in [4.69, 9.17) is 27.0 Å². The van der Waals surface area contributed by atoms with Gasteiger partial charge in [-0.2, -0.15) is 0 Å². The molecule has 176 valence electrons. The monoisotopic (exact) mass is 460 g/mol. The van der Waals surface area contributed by atoms with Crippen molar-refractivity contribution in [3.63, 3.8) is 0 Å². The number of nitrogens with one attached hydrogen (secondary N) is 3. The largest absolute Gasteiger partial charge is 0.465 e. The maximum absolute atomic E-state index is 12.9. The van der Waals surface area contributed by atoms with E-state index in [1.807, 2.05) is 41.1 Å². The zero-order valence-corrected chi connectivity index (χ0v) is 18.9. The van der Waals surface area contributed by atoms with E-state index in [1.54, 1.807) is 31.3 Å². The molecule has 0 saturated carbocycles. The summed E-state index contributed by atoms with van der Waals surface area (Å²) in [7, 11) is 0. The molecule has 0 radical (unpaired) electrons. The fraction of sp³-hybridized carbons (Fsp3) is 0.200. The minimum atomic E-state index is -0.502. The second kappa shape index (κ2) is 11.0. The van der Waals surface area contributed by atoms with E-state index < -0.39 is 5.97 Å². The molecule has 0 fully saturated rings. The van der Waals surface area contributed by atoms with Gasteiger partial charge in [0.1, 0.15) is 18.2 Å². The van der Waals surface area contributed by atoms with Crippen molar-refractivity contribution in [1.82, 2.24) is 9.88 Å². The number of aromatic nitrogens is 1. The highest BCUT2D eigenvalue weighted by Crippen LogP contribution is 2.18. The summed E-state index contributed by atoms with van der Waals surface area (Å²) in [5.74, 6) is -0.898. The summed E-state index contributed by atoms with van der Waals surface area (Å²) in [4.78, 5) is 24.6. The highest BCUT2D eigenvalue weighted by molar-refractivity contribution is 5.97. The molecule has 0 aliphatic rings. The van der Waals surface area contributed by atoms with Gasteiger partial charge in [0.2, 0.25) is 0 Å². The molecule has 7 N–H and O–H groups in total. The number of amidine groups is 2. The second-order valence-electron chi connectivity index (χ2n) is 7.76. The summed E-state index contributed by atoms with van der Waals surface area (Å²) in [6, 6.07) is 14.6. The summed E-state index contributed by atoms with van der Waals surface area (Å²) >= 11 is 0. The molecule has 3 aromatic rings. The van der Waals surface area contributed by atoms with E-state index in [0.717, 1.165) is 16.7 Å². The Bertz CT molecular complexity index is 1210. The molecule has 1 aromatic heterocycles. The van der Waals surface area contributed by atoms with Crippen LogP contribution in [0, 0.1) is 10.8 Å². The van der Waals surface area contributed by atoms with Crippen molar-refractivity contribution >= 4 is 23.5 Å². The fourth-order valence-electron chi connectivity index (χ4n) is 3.52. The van der Waals surface area contributed by atoms with Crippen molar-refractivity contribution in [1.29, 1.82) is 10.8 Å². The maximum atomic E-state index is 12.9. The molecular weight excluding hydrogens is 432 g/mol. The predicted molar refractivity (Wildman–Crippen MR) is 130 cm³/mol. The molecule has 3 rings (SSSR count). The lowest BCUT2D eigenvalue weighted by molar-refractivity contribution is -0.141. The number of nitrogens with zero attached hydrogens (tertiary/aromatic N) is 1. The van der Waals surface area contributed by atoms with Gasteiger partial charge in [-0.15, -0.1) is 0 Å². The van der Waals surface area contributed by atoms with Gasteiger partial charge >= 0.3 is 5.97 Å². The number of esters is 1. The van der Waals surface area contributed by atoms with E-state index in [9.17, 15) is 9.59 Å². The number of nitrogens with two attached hydrogens (primary N) is 2. The first-order chi connectivity index (χ1) is 16.3. The molecule has 0 aliphatic heterocycles. The lowest BCUT2D eigenvalue weighted by atomic mass is 10.0. The summed E-state index contributed by atoms with van der Waals surface area (Å²) in [5.41, 5.74) is 15.5. The Hall–Kier alpha value is -4.40. The first-order valence-corrected chi connectivity index (χ1v) is 10.8. The zero-order valence-electron chi connectivity index (χ0n) is 18.9. The fourth-order valence-corrected chi connectivity index (χ4v) is 3.52. The Morgan fingerprint density at radius 3 is 2.32 bits per heavy atom. The van der Waals surface area contributed by atoms with Gasteiger partial charge in [0, 0.05) is 30.1 Å². The standard InChI is InChI=1S/C25H28N6O3/c1-2-34-22(32)12-30-25(33)21-15-31(13-17-4-3-5-19(11-17)24(28)29)14-20(21)10-16-6-8-18(9-7-16)23(26)27/h3-9,11,14-15H,2,10,12-13H2,1H3,(H3,26,27)(H3,28,29)(H,30,33). The quantitative estimate of drug-likeness (QED) is 0.177. The Balaban J connectivity index is 1.86. The van der Waals surface area contributed by atoms with Crippen molar-refractivity contribution in [2.75, 3.05) is 13.2 Å². The number of hydrogen-bond acceptors (Lipinski definition) is 5. The van der Waals surface area contributed by atoms with E-state index in [2.05, 4.69) is 5.32 Å². The van der Waals surface area contributed by atoms with Crippen LogP contribution in [0.25, 0.3) is 0 Å². The lowest BCUT2D eigenvalue weighted by Crippen LogP contribution is -2.31. The molecule has 1 heterocycles. The molecule has 0 bridgehead atoms. The maximum Gasteiger partial charge on any atom is 0.325 e. The van der Waals surface area contributed by atoms with Crippen molar-refractivity contribution in [2.45, 2.75) is 19.9 Å². The molecule has 34 heavy (non-hydrogen) atoms. The number of carbonyl (C=O) groups excluding carboxylic acids is 2. The average Bonchev–Trinajstić information content (AvgIpc) is 3.20. The topological polar surface area (TPSA) is 160 Å². The van der Waals surface area contributed by atoms with Crippen LogP contribution in [0.5, 0.6) is 0 Å². The molecule has 0 aliphatic carbocycles. The summed E-state index contributed by atoms with van der Waals surface area (Å²) in [6.07, 6.45) is 4.10. The molecule has 9 nitrogen and oxygen atoms in total. The summed E-state index contributed by atoms with van der Waals surface area (Å²) in [5, 5.41) is 17.8. The van der Waals surface area contributed by atoms with Crippen LogP contribution in [0.2, 0.25) is 0 Å². The zero-order chi connectivity index (χ0) is 24.7. The van der Waals surface area contributed by atoms with E-state index >= 15 is 0 Å². The number of ether oxygens (including phenoxy) is 1. The second-order valence-corrected chi connectivity index (χ2v) is 7.76. The highest BCUT2D eigenvalue weighted by Gasteiger charge is 2.17. The Kier molecular flexibility index (Phi) is 7.81. The Morgan fingerprint density at radius 1 is 0.971 bits per heavy atom. The van der Waals surface area contributed by atoms with Gasteiger partial charge in [-0.1, -0.05) is 42.5 Å². The molecule has 2 aromatic carbocycles. The van der Waals surface area contributed by atoms with Gasteiger partial charge in [-0.25, -0.2) is 0 Å². The first-order valence-electron chi connectivity index (χ1n) is 10.8. The van der Waals surface area contributed by atoms with Gasteiger partial charge < -0.3 is 26.1 Å². The van der Waals surface area contributed by atoms with Gasteiger partial charge in [0.25, 0.3) is 5.91 Å². The van der Waals surface area contributed by atoms with Gasteiger partial charge in [-0.05, 0) is 36.1 Å². The Labute approximate surface area is 197 Å². The van der Waals surface area contributed by atoms with Gasteiger partial charge in [-0.3, -0.25) is 20.4 Å². The minimum absolute atomic E-state index is 0.00970. The van der Waals surface area contributed by atoms with E-state index in [0.29, 0.717) is 29.7 Å². The molecule has 0 atom stereocenters. The molecule has 0 saturated heterocycles. The molecule has 0 spiro atoms. The minimum Gasteiger partial charge on any atom is -0.465 e. The first kappa shape index (κ1) is 24.2. The van der Waals surface area contributed by atoms with Crippen LogP contribution in [-0.4, -0.2) is 41.3 Å². The normalized spacial score (nSPS) is 10.5. The van der Waals surface area contributed by atoms with Gasteiger partial charge in [0.15, 0.2) is 0 Å². The van der Waals surface area contributed by atoms with Crippen molar-refractivity contribution < 1.29 is 14.3 Å². The smallest absolute Gasteiger partial charge is 0.325 e. The third-order valence-electron chi connectivity index (χ3n) is 5.17. The van der Waals surface area contributed by atoms with Crippen LogP contribution in [-0.2, 0) is 22.5 Å². The van der Waals surface area contributed by atoms with Crippen molar-refractivity contribution in [2.24, 2.45) is 11.5 Å². The SMILES string of the molecule is CCOC(=O)CNC(=O)c1cn(Cc2cccc(C(=N)N)c2)cc1Cc1ccc(C(=N)N)cc1. The van der Waals surface area contributed by atoms with Crippen LogP contribution in [0.1, 0.15) is 45.1 Å². The van der Waals surface area contributed by atoms with E-state index in [1.165, 1.54) is 0 Å². The van der Waals surface area contributed by atoms with Crippen molar-refractivity contribution in [3.8, 4) is 0 Å². The van der Waals surface area contributed by atoms with Crippen LogP contribution in [0.4, 0.5) is 0 Å². The van der Waals surface area contributed by atoms with Gasteiger partial charge in [0.05, 0.1) is 12.2 Å². The predicted octanol–water partition coefficient (Wildman–Crippen LogP) is 1.99. The number of amides is 1. The number of nitrogen functional groups attached to an aromatic ring is 2. The molecule has 9 heteroatoms. The molecule has 1 amide bonds. The van der Waals surface area contributed by atoms with Crippen LogP contribution < -0.4 is 16.8 Å². The van der Waals surface area contributed by atoms with Crippen LogP contribution >= 0.6 is 0 Å². The average molecular weight is 461 g/mol. The Morgan fingerprint density at radius 2 is 1.68 bits per heavy atom. The molecule has 0 unspecified atom stereocenters. The van der Waals surface area contributed by atoms with Crippen molar-refractivity contribution in [3.05, 3.63) is 94.3 Å². The van der Waals surface area contributed by atoms with Crippen LogP contribution in [0.15, 0.2) is 60.9 Å². The number of carbonyl (C=O) groups is 2. The third kappa shape index (κ3) is 6.32. The van der Waals surface area contributed by atoms with Crippen LogP contribution in [0.3, 0.4) is 0 Å². The number of benzene rings is 2.